The fourth-order valence-corrected chi connectivity index (χ4v) is 2.86. The van der Waals surface area contributed by atoms with Crippen LogP contribution in [0.15, 0.2) is 0 Å². The number of rotatable bonds is 5. The van der Waals surface area contributed by atoms with E-state index in [-0.39, 0.29) is 0 Å². The summed E-state index contributed by atoms with van der Waals surface area (Å²) >= 11 is 2.07. The molecule has 0 unspecified atom stereocenters. The molecule has 1 nitrogen and oxygen atoms in total. The highest BCUT2D eigenvalue weighted by Crippen LogP contribution is 2.22. The van der Waals surface area contributed by atoms with Gasteiger partial charge in [-0.3, -0.25) is 4.90 Å². The highest BCUT2D eigenvalue weighted by Gasteiger charge is 2.20. The lowest BCUT2D eigenvalue weighted by molar-refractivity contribution is 0.167. The second-order valence-corrected chi connectivity index (χ2v) is 5.12. The van der Waals surface area contributed by atoms with E-state index in [0.29, 0.717) is 0 Å². The minimum absolute atomic E-state index is 0.901. The van der Waals surface area contributed by atoms with Crippen molar-refractivity contribution >= 4 is 11.8 Å². The van der Waals surface area contributed by atoms with E-state index < -0.39 is 0 Å². The molecule has 1 fully saturated rings. The van der Waals surface area contributed by atoms with Crippen LogP contribution in [0, 0.1) is 0 Å². The molecule has 0 aromatic rings. The first kappa shape index (κ1) is 11.4. The van der Waals surface area contributed by atoms with E-state index >= 15 is 0 Å². The SMILES string of the molecule is CCC[C@H]1CCCCN1CSCC. The summed E-state index contributed by atoms with van der Waals surface area (Å²) in [6.45, 7) is 5.90. The van der Waals surface area contributed by atoms with Crippen molar-refractivity contribution in [2.24, 2.45) is 0 Å². The Kier molecular flexibility index (Phi) is 5.88. The molecule has 1 heterocycles. The summed E-state index contributed by atoms with van der Waals surface area (Å²) < 4.78 is 0. The molecule has 0 amide bonds. The van der Waals surface area contributed by atoms with Crippen LogP contribution in [0.2, 0.25) is 0 Å². The van der Waals surface area contributed by atoms with Crippen molar-refractivity contribution in [3.8, 4) is 0 Å². The van der Waals surface area contributed by atoms with Crippen LogP contribution in [0.5, 0.6) is 0 Å². The predicted octanol–water partition coefficient (Wildman–Crippen LogP) is 3.35. The van der Waals surface area contributed by atoms with Crippen LogP contribution in [0.25, 0.3) is 0 Å². The van der Waals surface area contributed by atoms with Crippen LogP contribution in [0.3, 0.4) is 0 Å². The van der Waals surface area contributed by atoms with Gasteiger partial charge in [-0.1, -0.05) is 26.7 Å². The molecule has 0 spiro atoms. The zero-order valence-electron chi connectivity index (χ0n) is 9.09. The molecule has 0 aromatic heterocycles. The van der Waals surface area contributed by atoms with Crippen LogP contribution >= 0.6 is 11.8 Å². The highest BCUT2D eigenvalue weighted by atomic mass is 32.2. The van der Waals surface area contributed by atoms with Crippen molar-refractivity contribution in [3.05, 3.63) is 0 Å². The first-order valence-corrected chi connectivity index (χ1v) is 6.85. The number of thioether (sulfide) groups is 1. The zero-order valence-corrected chi connectivity index (χ0v) is 9.91. The predicted molar refractivity (Wildman–Crippen MR) is 62.3 cm³/mol. The third-order valence-corrected chi connectivity index (χ3v) is 3.75. The normalized spacial score (nSPS) is 24.9. The molecule has 0 aromatic carbocycles. The number of hydrogen-bond donors (Lipinski definition) is 0. The second kappa shape index (κ2) is 6.72. The van der Waals surface area contributed by atoms with Gasteiger partial charge in [0.2, 0.25) is 0 Å². The summed E-state index contributed by atoms with van der Waals surface area (Å²) in [7, 11) is 0. The average Bonchev–Trinajstić information content (AvgIpc) is 2.17. The van der Waals surface area contributed by atoms with E-state index in [0.717, 1.165) is 6.04 Å². The van der Waals surface area contributed by atoms with Crippen LogP contribution < -0.4 is 0 Å². The summed E-state index contributed by atoms with van der Waals surface area (Å²) in [5.74, 6) is 2.52. The number of hydrogen-bond acceptors (Lipinski definition) is 2. The topological polar surface area (TPSA) is 3.24 Å². The van der Waals surface area contributed by atoms with Gasteiger partial charge in [-0.15, -0.1) is 11.8 Å². The molecule has 1 saturated heterocycles. The van der Waals surface area contributed by atoms with E-state index in [1.54, 1.807) is 0 Å². The zero-order chi connectivity index (χ0) is 9.52. The summed E-state index contributed by atoms with van der Waals surface area (Å²) in [4.78, 5) is 2.70. The van der Waals surface area contributed by atoms with Crippen LogP contribution in [-0.2, 0) is 0 Å². The summed E-state index contributed by atoms with van der Waals surface area (Å²) in [5.41, 5.74) is 0. The molecule has 0 saturated carbocycles. The lowest BCUT2D eigenvalue weighted by atomic mass is 9.99. The van der Waals surface area contributed by atoms with Crippen molar-refractivity contribution in [2.75, 3.05) is 18.2 Å². The maximum atomic E-state index is 2.70. The molecule has 78 valence electrons. The number of nitrogens with zero attached hydrogens (tertiary/aromatic N) is 1. The molecule has 1 aliphatic rings. The third-order valence-electron chi connectivity index (χ3n) is 2.83. The molecule has 1 atom stereocenters. The summed E-state index contributed by atoms with van der Waals surface area (Å²) in [6, 6.07) is 0.901. The van der Waals surface area contributed by atoms with Gasteiger partial charge < -0.3 is 0 Å². The summed E-state index contributed by atoms with van der Waals surface area (Å²) in [6.07, 6.45) is 7.07. The van der Waals surface area contributed by atoms with Crippen molar-refractivity contribution in [1.82, 2.24) is 4.90 Å². The van der Waals surface area contributed by atoms with E-state index in [9.17, 15) is 0 Å². The monoisotopic (exact) mass is 201 g/mol. The van der Waals surface area contributed by atoms with E-state index in [2.05, 4.69) is 30.5 Å². The lowest BCUT2D eigenvalue weighted by Gasteiger charge is -2.35. The quantitative estimate of drug-likeness (QED) is 0.671. The van der Waals surface area contributed by atoms with Gasteiger partial charge in [0, 0.05) is 11.9 Å². The van der Waals surface area contributed by atoms with Gasteiger partial charge in [-0.25, -0.2) is 0 Å². The Morgan fingerprint density at radius 1 is 1.31 bits per heavy atom. The molecular formula is C11H23NS. The molecule has 0 aliphatic carbocycles. The Balaban J connectivity index is 2.28. The third kappa shape index (κ3) is 3.90. The molecule has 1 aliphatic heterocycles. The Labute approximate surface area is 87.3 Å². The average molecular weight is 201 g/mol. The first-order valence-electron chi connectivity index (χ1n) is 5.70. The standard InChI is InChI=1S/C11H23NS/c1-3-7-11-8-5-6-9-12(11)10-13-4-2/h11H,3-10H2,1-2H3/t11-/m0/s1. The van der Waals surface area contributed by atoms with Gasteiger partial charge in [-0.2, -0.15) is 0 Å². The molecule has 1 rings (SSSR count). The fraction of sp³-hybridized carbons (Fsp3) is 1.00. The van der Waals surface area contributed by atoms with Crippen molar-refractivity contribution in [3.63, 3.8) is 0 Å². The Bertz CT molecular complexity index is 125. The molecule has 2 heteroatoms. The smallest absolute Gasteiger partial charge is 0.0447 e. The molecule has 0 N–H and O–H groups in total. The first-order chi connectivity index (χ1) is 6.38. The molecule has 13 heavy (non-hydrogen) atoms. The Morgan fingerprint density at radius 2 is 2.15 bits per heavy atom. The molecule has 0 bridgehead atoms. The van der Waals surface area contributed by atoms with Crippen LogP contribution in [0.1, 0.15) is 46.0 Å². The van der Waals surface area contributed by atoms with E-state index in [1.165, 1.54) is 50.3 Å². The maximum absolute atomic E-state index is 2.70. The summed E-state index contributed by atoms with van der Waals surface area (Å²) in [5, 5.41) is 0. The largest absolute Gasteiger partial charge is 0.291 e. The van der Waals surface area contributed by atoms with Gasteiger partial charge in [0.1, 0.15) is 0 Å². The Morgan fingerprint density at radius 3 is 2.85 bits per heavy atom. The second-order valence-electron chi connectivity index (χ2n) is 3.87. The van der Waals surface area contributed by atoms with Crippen molar-refractivity contribution < 1.29 is 0 Å². The van der Waals surface area contributed by atoms with Gasteiger partial charge >= 0.3 is 0 Å². The van der Waals surface area contributed by atoms with E-state index in [1.807, 2.05) is 0 Å². The van der Waals surface area contributed by atoms with Gasteiger partial charge in [0.15, 0.2) is 0 Å². The lowest BCUT2D eigenvalue weighted by Crippen LogP contribution is -2.39. The highest BCUT2D eigenvalue weighted by molar-refractivity contribution is 7.99. The van der Waals surface area contributed by atoms with Crippen LogP contribution in [0.4, 0.5) is 0 Å². The maximum Gasteiger partial charge on any atom is 0.0447 e. The minimum atomic E-state index is 0.901. The number of likely N-dealkylation sites (tertiary alicyclic amines) is 1. The molecular weight excluding hydrogens is 178 g/mol. The minimum Gasteiger partial charge on any atom is -0.291 e. The van der Waals surface area contributed by atoms with Gasteiger partial charge in [0.25, 0.3) is 0 Å². The van der Waals surface area contributed by atoms with E-state index in [4.69, 9.17) is 0 Å². The number of piperidine rings is 1. The fourth-order valence-electron chi connectivity index (χ4n) is 2.10. The van der Waals surface area contributed by atoms with Crippen LogP contribution in [-0.4, -0.2) is 29.1 Å². The van der Waals surface area contributed by atoms with Gasteiger partial charge in [-0.05, 0) is 31.6 Å². The van der Waals surface area contributed by atoms with Crippen molar-refractivity contribution in [2.45, 2.75) is 52.0 Å². The van der Waals surface area contributed by atoms with Crippen molar-refractivity contribution in [1.29, 1.82) is 0 Å². The van der Waals surface area contributed by atoms with Gasteiger partial charge in [0.05, 0.1) is 0 Å². The Hall–Kier alpha value is 0.310. The molecule has 0 radical (unpaired) electrons.